The minimum atomic E-state index is 0.632. The summed E-state index contributed by atoms with van der Waals surface area (Å²) in [5.41, 5.74) is 5.70. The molecule has 2 rings (SSSR count). The second-order valence-electron chi connectivity index (χ2n) is 4.56. The van der Waals surface area contributed by atoms with Gasteiger partial charge < -0.3 is 5.32 Å². The zero-order valence-electron chi connectivity index (χ0n) is 10.6. The summed E-state index contributed by atoms with van der Waals surface area (Å²) in [5.74, 6) is 0. The van der Waals surface area contributed by atoms with Crippen molar-refractivity contribution in [3.8, 4) is 0 Å². The minimum Gasteiger partial charge on any atom is -0.355 e. The van der Waals surface area contributed by atoms with Crippen LogP contribution in [0.2, 0.25) is 10.0 Å². The molecule has 3 heteroatoms. The van der Waals surface area contributed by atoms with Gasteiger partial charge in [0.15, 0.2) is 0 Å². The SMILES string of the molecule is Cc1cc(C)c(Nc2cc(Cl)cc(Cl)c2)c(C)c1. The molecule has 0 bridgehead atoms. The van der Waals surface area contributed by atoms with Crippen molar-refractivity contribution in [1.82, 2.24) is 0 Å². The van der Waals surface area contributed by atoms with Crippen LogP contribution in [0, 0.1) is 20.8 Å². The maximum Gasteiger partial charge on any atom is 0.0443 e. The molecule has 0 aliphatic carbocycles. The summed E-state index contributed by atoms with van der Waals surface area (Å²) in [4.78, 5) is 0. The molecule has 1 N–H and O–H groups in total. The van der Waals surface area contributed by atoms with E-state index >= 15 is 0 Å². The lowest BCUT2D eigenvalue weighted by atomic mass is 10.0. The van der Waals surface area contributed by atoms with E-state index in [1.54, 1.807) is 6.07 Å². The van der Waals surface area contributed by atoms with Crippen molar-refractivity contribution >= 4 is 34.6 Å². The van der Waals surface area contributed by atoms with Gasteiger partial charge in [-0.3, -0.25) is 0 Å². The molecule has 0 aromatic heterocycles. The van der Waals surface area contributed by atoms with Crippen LogP contribution >= 0.6 is 23.2 Å². The molecular formula is C15H15Cl2N. The van der Waals surface area contributed by atoms with Crippen LogP contribution in [0.3, 0.4) is 0 Å². The van der Waals surface area contributed by atoms with Gasteiger partial charge in [-0.1, -0.05) is 40.9 Å². The summed E-state index contributed by atoms with van der Waals surface area (Å²) in [6, 6.07) is 9.77. The first-order valence-electron chi connectivity index (χ1n) is 5.76. The van der Waals surface area contributed by atoms with E-state index in [2.05, 4.69) is 38.2 Å². The van der Waals surface area contributed by atoms with Crippen molar-refractivity contribution in [3.05, 3.63) is 57.1 Å². The summed E-state index contributed by atoms with van der Waals surface area (Å²) in [5, 5.41) is 4.64. The van der Waals surface area contributed by atoms with Gasteiger partial charge >= 0.3 is 0 Å². The number of anilines is 2. The molecule has 0 aliphatic heterocycles. The number of halogens is 2. The zero-order chi connectivity index (χ0) is 13.3. The molecule has 0 fully saturated rings. The molecule has 0 saturated carbocycles. The van der Waals surface area contributed by atoms with E-state index < -0.39 is 0 Å². The average molecular weight is 280 g/mol. The van der Waals surface area contributed by atoms with Crippen LogP contribution in [-0.2, 0) is 0 Å². The number of nitrogens with one attached hydrogen (secondary N) is 1. The van der Waals surface area contributed by atoms with Gasteiger partial charge in [-0.2, -0.15) is 0 Å². The molecule has 18 heavy (non-hydrogen) atoms. The Morgan fingerprint density at radius 2 is 1.28 bits per heavy atom. The van der Waals surface area contributed by atoms with Gasteiger partial charge in [-0.05, 0) is 50.1 Å². The number of hydrogen-bond donors (Lipinski definition) is 1. The van der Waals surface area contributed by atoms with Gasteiger partial charge in [-0.25, -0.2) is 0 Å². The smallest absolute Gasteiger partial charge is 0.0443 e. The van der Waals surface area contributed by atoms with E-state index in [-0.39, 0.29) is 0 Å². The predicted molar refractivity (Wildman–Crippen MR) is 80.4 cm³/mol. The van der Waals surface area contributed by atoms with Gasteiger partial charge in [-0.15, -0.1) is 0 Å². The first-order valence-corrected chi connectivity index (χ1v) is 6.52. The third-order valence-electron chi connectivity index (χ3n) is 2.81. The molecular weight excluding hydrogens is 265 g/mol. The number of benzene rings is 2. The summed E-state index contributed by atoms with van der Waals surface area (Å²) in [6.07, 6.45) is 0. The van der Waals surface area contributed by atoms with E-state index in [9.17, 15) is 0 Å². The van der Waals surface area contributed by atoms with E-state index in [4.69, 9.17) is 23.2 Å². The predicted octanol–water partition coefficient (Wildman–Crippen LogP) is 5.66. The van der Waals surface area contributed by atoms with Crippen molar-refractivity contribution in [2.75, 3.05) is 5.32 Å². The minimum absolute atomic E-state index is 0.632. The Morgan fingerprint density at radius 1 is 0.778 bits per heavy atom. The second kappa shape index (κ2) is 5.21. The molecule has 94 valence electrons. The van der Waals surface area contributed by atoms with Gasteiger partial charge in [0, 0.05) is 21.4 Å². The lowest BCUT2D eigenvalue weighted by molar-refractivity contribution is 1.31. The standard InChI is InChI=1S/C15H15Cl2N/c1-9-4-10(2)15(11(3)5-9)18-14-7-12(16)6-13(17)8-14/h4-8,18H,1-3H3. The monoisotopic (exact) mass is 279 g/mol. The lowest BCUT2D eigenvalue weighted by Gasteiger charge is -2.14. The van der Waals surface area contributed by atoms with Crippen molar-refractivity contribution in [3.63, 3.8) is 0 Å². The molecule has 1 nitrogen and oxygen atoms in total. The van der Waals surface area contributed by atoms with Crippen molar-refractivity contribution < 1.29 is 0 Å². The Bertz CT molecular complexity index is 548. The van der Waals surface area contributed by atoms with Gasteiger partial charge in [0.2, 0.25) is 0 Å². The first-order chi connectivity index (χ1) is 8.45. The molecule has 0 aliphatic rings. The summed E-state index contributed by atoms with van der Waals surface area (Å²) in [6.45, 7) is 6.28. The summed E-state index contributed by atoms with van der Waals surface area (Å²) >= 11 is 12.0. The van der Waals surface area contributed by atoms with Crippen LogP contribution in [0.25, 0.3) is 0 Å². The van der Waals surface area contributed by atoms with Gasteiger partial charge in [0.05, 0.1) is 0 Å². The molecule has 0 amide bonds. The molecule has 2 aromatic carbocycles. The maximum absolute atomic E-state index is 6.00. The number of hydrogen-bond acceptors (Lipinski definition) is 1. The highest BCUT2D eigenvalue weighted by molar-refractivity contribution is 6.35. The van der Waals surface area contributed by atoms with Crippen LogP contribution in [-0.4, -0.2) is 0 Å². The Hall–Kier alpha value is -1.18. The fourth-order valence-corrected chi connectivity index (χ4v) is 2.67. The molecule has 0 saturated heterocycles. The molecule has 0 radical (unpaired) electrons. The third kappa shape index (κ3) is 2.98. The van der Waals surface area contributed by atoms with E-state index in [1.165, 1.54) is 16.7 Å². The van der Waals surface area contributed by atoms with Crippen molar-refractivity contribution in [1.29, 1.82) is 0 Å². The Morgan fingerprint density at radius 3 is 1.78 bits per heavy atom. The Labute approximate surface area is 118 Å². The fraction of sp³-hybridized carbons (Fsp3) is 0.200. The van der Waals surface area contributed by atoms with E-state index in [0.717, 1.165) is 11.4 Å². The lowest BCUT2D eigenvalue weighted by Crippen LogP contribution is -1.97. The van der Waals surface area contributed by atoms with E-state index in [1.807, 2.05) is 12.1 Å². The normalized spacial score (nSPS) is 10.5. The summed E-state index contributed by atoms with van der Waals surface area (Å²) in [7, 11) is 0. The zero-order valence-corrected chi connectivity index (χ0v) is 12.2. The molecule has 0 unspecified atom stereocenters. The Balaban J connectivity index is 2.40. The second-order valence-corrected chi connectivity index (χ2v) is 5.43. The average Bonchev–Trinajstić information content (AvgIpc) is 2.22. The number of rotatable bonds is 2. The topological polar surface area (TPSA) is 12.0 Å². The molecule has 0 atom stereocenters. The highest BCUT2D eigenvalue weighted by atomic mass is 35.5. The highest BCUT2D eigenvalue weighted by Gasteiger charge is 2.05. The quantitative estimate of drug-likeness (QED) is 0.748. The maximum atomic E-state index is 6.00. The van der Waals surface area contributed by atoms with Crippen LogP contribution in [0.15, 0.2) is 30.3 Å². The summed E-state index contributed by atoms with van der Waals surface area (Å²) < 4.78 is 0. The van der Waals surface area contributed by atoms with Gasteiger partial charge in [0.1, 0.15) is 0 Å². The molecule has 2 aromatic rings. The van der Waals surface area contributed by atoms with Crippen molar-refractivity contribution in [2.24, 2.45) is 0 Å². The van der Waals surface area contributed by atoms with Gasteiger partial charge in [0.25, 0.3) is 0 Å². The van der Waals surface area contributed by atoms with Crippen LogP contribution in [0.4, 0.5) is 11.4 Å². The van der Waals surface area contributed by atoms with Crippen LogP contribution in [0.5, 0.6) is 0 Å². The Kier molecular flexibility index (Phi) is 3.84. The van der Waals surface area contributed by atoms with E-state index in [0.29, 0.717) is 10.0 Å². The molecule has 0 spiro atoms. The van der Waals surface area contributed by atoms with Crippen LogP contribution < -0.4 is 5.32 Å². The fourth-order valence-electron chi connectivity index (χ4n) is 2.15. The highest BCUT2D eigenvalue weighted by Crippen LogP contribution is 2.29. The number of aryl methyl sites for hydroxylation is 3. The largest absolute Gasteiger partial charge is 0.355 e. The first kappa shape index (κ1) is 13.3. The van der Waals surface area contributed by atoms with Crippen molar-refractivity contribution in [2.45, 2.75) is 20.8 Å². The van der Waals surface area contributed by atoms with Crippen LogP contribution in [0.1, 0.15) is 16.7 Å². The molecule has 0 heterocycles. The third-order valence-corrected chi connectivity index (χ3v) is 3.25.